The Morgan fingerprint density at radius 1 is 1.25 bits per heavy atom. The monoisotopic (exact) mass is 233 g/mol. The fourth-order valence-electron chi connectivity index (χ4n) is 1.25. The van der Waals surface area contributed by atoms with Crippen LogP contribution >= 0.6 is 0 Å². The zero-order valence-corrected chi connectivity index (χ0v) is 8.88. The second kappa shape index (κ2) is 4.74. The van der Waals surface area contributed by atoms with Gasteiger partial charge < -0.3 is 9.84 Å². The fraction of sp³-hybridized carbons (Fsp3) is 0.364. The van der Waals surface area contributed by atoms with Crippen molar-refractivity contribution in [3.05, 3.63) is 35.9 Å². The van der Waals surface area contributed by atoms with Gasteiger partial charge in [0.15, 0.2) is 0 Å². The molecule has 16 heavy (non-hydrogen) atoms. The van der Waals surface area contributed by atoms with Crippen molar-refractivity contribution < 1.29 is 23.0 Å². The third-order valence-corrected chi connectivity index (χ3v) is 2.00. The third-order valence-electron chi connectivity index (χ3n) is 2.00. The molecule has 5 heteroatoms. The topological polar surface area (TPSA) is 29.5 Å². The highest BCUT2D eigenvalue weighted by molar-refractivity contribution is 5.38. The Hall–Kier alpha value is -1.23. The minimum Gasteiger partial charge on any atom is -0.406 e. The zero-order valence-electron chi connectivity index (χ0n) is 8.88. The third kappa shape index (κ3) is 3.73. The molecule has 1 rings (SSSR count). The summed E-state index contributed by atoms with van der Waals surface area (Å²) in [5.74, 6) is -0.269. The van der Waals surface area contributed by atoms with Gasteiger partial charge in [0.1, 0.15) is 12.4 Å². The number of hydrogen-bond acceptors (Lipinski definition) is 2. The van der Waals surface area contributed by atoms with Gasteiger partial charge in [0.25, 0.3) is 0 Å². The molecule has 0 fully saturated rings. The number of benzene rings is 1. The molecule has 0 heterocycles. The molecule has 0 aliphatic carbocycles. The number of ether oxygens (including phenoxy) is 1. The number of hydrogen-bond donors (Lipinski definition) is 1. The van der Waals surface area contributed by atoms with E-state index in [2.05, 4.69) is 4.74 Å². The molecule has 0 aromatic heterocycles. The lowest BCUT2D eigenvalue weighted by Crippen LogP contribution is -2.17. The average Bonchev–Trinajstić information content (AvgIpc) is 2.14. The molecule has 0 saturated heterocycles. The molecule has 1 radical (unpaired) electrons. The first-order valence-electron chi connectivity index (χ1n) is 4.70. The average molecular weight is 233 g/mol. The fourth-order valence-corrected chi connectivity index (χ4v) is 1.25. The van der Waals surface area contributed by atoms with E-state index < -0.39 is 6.36 Å². The van der Waals surface area contributed by atoms with Crippen molar-refractivity contribution in [3.63, 3.8) is 0 Å². The van der Waals surface area contributed by atoms with E-state index in [1.807, 2.05) is 13.8 Å². The van der Waals surface area contributed by atoms with Gasteiger partial charge >= 0.3 is 6.36 Å². The van der Waals surface area contributed by atoms with Crippen LogP contribution in [0.25, 0.3) is 0 Å². The quantitative estimate of drug-likeness (QED) is 0.864. The van der Waals surface area contributed by atoms with E-state index in [-0.39, 0.29) is 17.2 Å². The lowest BCUT2D eigenvalue weighted by atomic mass is 10.0. The lowest BCUT2D eigenvalue weighted by Gasteiger charge is -2.13. The van der Waals surface area contributed by atoms with Gasteiger partial charge in [0.05, 0.1) is 0 Å². The van der Waals surface area contributed by atoms with Crippen LogP contribution in [0.3, 0.4) is 0 Å². The maximum absolute atomic E-state index is 12.0. The second-order valence-corrected chi connectivity index (χ2v) is 3.67. The number of halogens is 3. The zero-order chi connectivity index (χ0) is 12.3. The van der Waals surface area contributed by atoms with E-state index in [1.54, 1.807) is 6.07 Å². The molecule has 0 bridgehead atoms. The maximum atomic E-state index is 12.0. The van der Waals surface area contributed by atoms with Crippen LogP contribution in [0.2, 0.25) is 0 Å². The largest absolute Gasteiger partial charge is 0.573 e. The van der Waals surface area contributed by atoms with Crippen LogP contribution in [0.1, 0.15) is 30.9 Å². The maximum Gasteiger partial charge on any atom is 0.573 e. The first-order valence-corrected chi connectivity index (χ1v) is 4.70. The first kappa shape index (κ1) is 12.8. The summed E-state index contributed by atoms with van der Waals surface area (Å²) in [5, 5.41) is 8.80. The smallest absolute Gasteiger partial charge is 0.406 e. The van der Waals surface area contributed by atoms with Crippen LogP contribution in [-0.4, -0.2) is 11.5 Å². The molecule has 1 aromatic rings. The molecular weight excluding hydrogens is 221 g/mol. The Labute approximate surface area is 91.7 Å². The predicted octanol–water partition coefficient (Wildman–Crippen LogP) is 3.59. The van der Waals surface area contributed by atoms with Crippen LogP contribution in [0.15, 0.2) is 18.2 Å². The van der Waals surface area contributed by atoms with Gasteiger partial charge in [-0.05, 0) is 29.2 Å². The van der Waals surface area contributed by atoms with Crippen molar-refractivity contribution in [2.45, 2.75) is 26.1 Å². The lowest BCUT2D eigenvalue weighted by molar-refractivity contribution is -0.274. The van der Waals surface area contributed by atoms with Gasteiger partial charge in [-0.2, -0.15) is 0 Å². The summed E-state index contributed by atoms with van der Waals surface area (Å²) >= 11 is 0. The van der Waals surface area contributed by atoms with E-state index in [1.165, 1.54) is 6.07 Å². The minimum absolute atomic E-state index is 0.0514. The molecule has 0 unspecified atom stereocenters. The van der Waals surface area contributed by atoms with Crippen LogP contribution in [0.5, 0.6) is 5.75 Å². The van der Waals surface area contributed by atoms with Gasteiger partial charge in [0.2, 0.25) is 0 Å². The Morgan fingerprint density at radius 2 is 1.88 bits per heavy atom. The molecule has 0 spiro atoms. The van der Waals surface area contributed by atoms with Crippen molar-refractivity contribution in [2.24, 2.45) is 0 Å². The number of aliphatic hydroxyl groups excluding tert-OH is 1. The normalized spacial score (nSPS) is 11.9. The summed E-state index contributed by atoms with van der Waals surface area (Å²) in [4.78, 5) is 0. The summed E-state index contributed by atoms with van der Waals surface area (Å²) in [5.41, 5.74) is 0.951. The summed E-state index contributed by atoms with van der Waals surface area (Å²) < 4.78 is 39.8. The summed E-state index contributed by atoms with van der Waals surface area (Å²) in [7, 11) is 0. The van der Waals surface area contributed by atoms with Crippen molar-refractivity contribution in [1.82, 2.24) is 0 Å². The summed E-state index contributed by atoms with van der Waals surface area (Å²) in [6, 6.07) is 4.04. The Kier molecular flexibility index (Phi) is 3.80. The molecule has 2 nitrogen and oxygen atoms in total. The van der Waals surface area contributed by atoms with Crippen LogP contribution in [-0.2, 0) is 0 Å². The minimum atomic E-state index is -4.72. The molecule has 0 amide bonds. The van der Waals surface area contributed by atoms with E-state index in [0.717, 1.165) is 12.7 Å². The summed E-state index contributed by atoms with van der Waals surface area (Å²) in [6.45, 7) is 4.43. The highest BCUT2D eigenvalue weighted by atomic mass is 19.4. The van der Waals surface area contributed by atoms with Gasteiger partial charge in [-0.3, -0.25) is 0 Å². The standard InChI is InChI=1S/C11H12F3O2/c1-7(2)9-3-8(6-15)4-10(5-9)16-11(12,13)14/h3-7,15H,1-2H3. The molecule has 0 saturated carbocycles. The highest BCUT2D eigenvalue weighted by Crippen LogP contribution is 2.28. The Bertz CT molecular complexity index is 359. The molecule has 0 atom stereocenters. The molecule has 0 aliphatic heterocycles. The number of alkyl halides is 3. The predicted molar refractivity (Wildman–Crippen MR) is 52.6 cm³/mol. The van der Waals surface area contributed by atoms with E-state index in [4.69, 9.17) is 5.11 Å². The summed E-state index contributed by atoms with van der Waals surface area (Å²) in [6.07, 6.45) is -4.72. The van der Waals surface area contributed by atoms with E-state index in [0.29, 0.717) is 5.56 Å². The van der Waals surface area contributed by atoms with Crippen molar-refractivity contribution in [1.29, 1.82) is 0 Å². The molecular formula is C11H12F3O2. The van der Waals surface area contributed by atoms with E-state index >= 15 is 0 Å². The van der Waals surface area contributed by atoms with E-state index in [9.17, 15) is 13.2 Å². The first-order chi connectivity index (χ1) is 7.31. The van der Waals surface area contributed by atoms with Crippen molar-refractivity contribution in [3.8, 4) is 5.75 Å². The van der Waals surface area contributed by atoms with Crippen LogP contribution in [0.4, 0.5) is 13.2 Å². The van der Waals surface area contributed by atoms with Gasteiger partial charge in [-0.1, -0.05) is 19.9 Å². The molecule has 0 aliphatic rings. The van der Waals surface area contributed by atoms with Gasteiger partial charge in [-0.15, -0.1) is 13.2 Å². The van der Waals surface area contributed by atoms with Gasteiger partial charge in [-0.25, -0.2) is 0 Å². The molecule has 89 valence electrons. The molecule has 1 aromatic carbocycles. The molecule has 1 N–H and O–H groups in total. The SMILES string of the molecule is CC(C)c1cc([CH]O)cc(OC(F)(F)F)c1. The van der Waals surface area contributed by atoms with Crippen LogP contribution in [0, 0.1) is 6.61 Å². The van der Waals surface area contributed by atoms with Crippen LogP contribution < -0.4 is 4.74 Å². The van der Waals surface area contributed by atoms with Crippen molar-refractivity contribution >= 4 is 0 Å². The van der Waals surface area contributed by atoms with Crippen molar-refractivity contribution in [2.75, 3.05) is 0 Å². The Morgan fingerprint density at radius 3 is 2.31 bits per heavy atom. The van der Waals surface area contributed by atoms with Gasteiger partial charge in [0, 0.05) is 0 Å². The Balaban J connectivity index is 3.04. The highest BCUT2D eigenvalue weighted by Gasteiger charge is 2.31. The number of aliphatic hydroxyl groups is 1. The number of rotatable bonds is 3. The second-order valence-electron chi connectivity index (χ2n) is 3.67.